The molecule has 7 aromatic carbocycles. The summed E-state index contributed by atoms with van der Waals surface area (Å²) in [5, 5.41) is 157. The van der Waals surface area contributed by atoms with Crippen LogP contribution in [0.4, 0.5) is 0 Å². The number of nitrogens with one attached hydrogen (secondary N) is 8. The van der Waals surface area contributed by atoms with Crippen molar-refractivity contribution in [2.24, 2.45) is 5.92 Å². The summed E-state index contributed by atoms with van der Waals surface area (Å²) in [6.07, 6.45) is -15.7. The molecule has 0 aromatic heterocycles. The number of aromatic hydroxyl groups is 4. The molecule has 1 unspecified atom stereocenters. The normalized spacial score (nSPS) is 26.4. The number of aliphatic hydroxyl groups excluding tert-OH is 7. The van der Waals surface area contributed by atoms with Crippen LogP contribution in [-0.2, 0) is 63.8 Å². The Morgan fingerprint density at radius 1 is 0.553 bits per heavy atom. The maximum absolute atomic E-state index is 16.7. The minimum atomic E-state index is -2.45. The van der Waals surface area contributed by atoms with Crippen molar-refractivity contribution in [3.63, 3.8) is 0 Å². The number of carbonyl (C=O) groups is 9. The Morgan fingerprint density at radius 3 is 1.89 bits per heavy atom. The molecule has 17 bridgehead atoms. The third-order valence-corrected chi connectivity index (χ3v) is 22.5. The molecule has 39 heteroatoms. The number of carbonyl (C=O) groups excluding carboxylic acids is 8. The fourth-order valence-electron chi connectivity index (χ4n) is 15.3. The number of aliphatic hydroxyl groups is 7. The number of carboxylic acid groups (broad SMARTS) is 1. The Bertz CT molecular complexity index is 5220. The van der Waals surface area contributed by atoms with Crippen LogP contribution in [0.3, 0.4) is 0 Å². The zero-order valence-corrected chi connectivity index (χ0v) is 67.6. The maximum atomic E-state index is 16.7. The van der Waals surface area contributed by atoms with Gasteiger partial charge in [-0.1, -0.05) is 106 Å². The van der Waals surface area contributed by atoms with Crippen molar-refractivity contribution in [2.45, 2.75) is 181 Å². The van der Waals surface area contributed by atoms with E-state index < -0.39 is 271 Å². The molecule has 15 rings (SSSR count). The minimum Gasteiger partial charge on any atom is -0.508 e. The molecule has 123 heavy (non-hydrogen) atoms. The summed E-state index contributed by atoms with van der Waals surface area (Å²) in [7, 11) is 2.38. The average molecular weight is 1750 g/mol. The molecule has 8 aliphatic heterocycles. The van der Waals surface area contributed by atoms with E-state index in [1.807, 2.05) is 0 Å². The Labute approximate surface area is 710 Å². The number of carboxylic acids is 1. The van der Waals surface area contributed by atoms with Gasteiger partial charge in [-0.15, -0.1) is 0 Å². The van der Waals surface area contributed by atoms with E-state index in [4.69, 9.17) is 61.1 Å². The van der Waals surface area contributed by atoms with Gasteiger partial charge in [-0.05, 0) is 120 Å². The van der Waals surface area contributed by atoms with Crippen LogP contribution in [0.5, 0.6) is 69.0 Å². The predicted molar refractivity (Wildman–Crippen MR) is 428 cm³/mol. The summed E-state index contributed by atoms with van der Waals surface area (Å²) < 4.78 is 49.4. The number of unbranched alkanes of at least 4 members (excludes halogenated alkanes) is 5. The smallest absolute Gasteiger partial charge is 0.337 e. The Morgan fingerprint density at radius 2 is 1.20 bits per heavy atom. The first-order valence-electron chi connectivity index (χ1n) is 39.3. The molecule has 20 N–H and O–H groups in total. The van der Waals surface area contributed by atoms with Gasteiger partial charge >= 0.3 is 11.9 Å². The highest BCUT2D eigenvalue weighted by molar-refractivity contribution is 6.33. The van der Waals surface area contributed by atoms with E-state index in [0.29, 0.717) is 24.3 Å². The number of esters is 1. The van der Waals surface area contributed by atoms with Gasteiger partial charge in [0, 0.05) is 47.2 Å². The van der Waals surface area contributed by atoms with Crippen LogP contribution in [0, 0.1) is 5.92 Å². The molecule has 0 spiro atoms. The van der Waals surface area contributed by atoms with Gasteiger partial charge in [0.2, 0.25) is 59.7 Å². The SMILES string of the molecule is CN[C@H]1C(=O)N[C@@H]2Cc3ccc(cc3)Oc3cc4cc(c3O[C@@H]3O[C@H](C(=O)OC)[C@@H](O)[C@H](O)[C@H]3NC(=O)CCCCCCCCC(C)C)Oc3ccc(cc3Cl)[C@@H](O)[C@@H]3NC(=O)[C@H](NC(=O)[C@@H]4NC(=O)[C@@H](NC2=O)c2cc(cc(O)c2Cl)Oc2cc1ccc2O)c1ccc(O)c(c1)-c1c(OC2O[C@H](CO)[C@@H](O)[C@H](O)[C@@H]2O)cc(O)cc1[C@@H](C(=O)O)NC3=O. The molecule has 18 atom stereocenters. The number of likely N-dealkylation sites (N-methyl/N-ethyl adjacent to an activating group) is 1. The van der Waals surface area contributed by atoms with Crippen LogP contribution < -0.4 is 66.2 Å². The van der Waals surface area contributed by atoms with Crippen LogP contribution in [0.1, 0.15) is 140 Å². The first-order valence-corrected chi connectivity index (χ1v) is 40.1. The average Bonchev–Trinajstić information content (AvgIpc) is 0.759. The molecule has 0 radical (unpaired) electrons. The number of hydrogen-bond donors (Lipinski definition) is 20. The molecule has 654 valence electrons. The molecule has 2 fully saturated rings. The first kappa shape index (κ1) is 88.9. The molecule has 0 aliphatic carbocycles. The Balaban J connectivity index is 1.04. The maximum Gasteiger partial charge on any atom is 0.337 e. The van der Waals surface area contributed by atoms with Gasteiger partial charge in [-0.3, -0.25) is 33.6 Å². The van der Waals surface area contributed by atoms with E-state index in [9.17, 15) is 80.5 Å². The number of ether oxygens (including phenoxy) is 8. The van der Waals surface area contributed by atoms with E-state index in [0.717, 1.165) is 112 Å². The molecular weight excluding hydrogens is 1660 g/mol. The van der Waals surface area contributed by atoms with Crippen molar-refractivity contribution in [2.75, 3.05) is 20.8 Å². The molecule has 7 amide bonds. The van der Waals surface area contributed by atoms with Crippen molar-refractivity contribution >= 4 is 76.5 Å². The number of amides is 7. The van der Waals surface area contributed by atoms with Crippen LogP contribution in [0.2, 0.25) is 10.0 Å². The predicted octanol–water partition coefficient (Wildman–Crippen LogP) is 4.27. The van der Waals surface area contributed by atoms with E-state index in [1.165, 1.54) is 49.5 Å². The monoisotopic (exact) mass is 1740 g/mol. The van der Waals surface area contributed by atoms with E-state index in [-0.39, 0.29) is 34.8 Å². The first-order chi connectivity index (χ1) is 58.7. The lowest BCUT2D eigenvalue weighted by molar-refractivity contribution is -0.277. The number of rotatable bonds is 18. The van der Waals surface area contributed by atoms with Gasteiger partial charge in [0.15, 0.2) is 35.1 Å². The lowest BCUT2D eigenvalue weighted by Crippen LogP contribution is -2.66. The molecule has 8 heterocycles. The second-order valence-electron chi connectivity index (χ2n) is 30.8. The van der Waals surface area contributed by atoms with Gasteiger partial charge in [0.1, 0.15) is 125 Å². The van der Waals surface area contributed by atoms with E-state index in [2.05, 4.69) is 56.4 Å². The highest BCUT2D eigenvalue weighted by Crippen LogP contribution is 2.50. The number of fused-ring (bicyclic) bond motifs is 14. The summed E-state index contributed by atoms with van der Waals surface area (Å²) in [5.41, 5.74) is -3.19. The molecule has 7 aromatic rings. The standard InChI is InChI=1S/C84H90Cl2N8O29/c1-34(2)11-9-7-5-6-8-10-12-57(100)89-66-69(103)71(105)74(82(115)116-4)123-83(66)122-73-54-27-39-28-55(73)119-51-22-17-38(25-46(51)85)67(101)65-80(112)93-64(81(113)114)44-29-40(96)30-53(120-84-72(106)70(104)68(102)56(33-95)121-84)58(44)43-24-36(15-20-48(43)97)61(77(109)94-65)90-78(110)62(39)91-79(111)63-45-31-42(32-50(99)59(45)86)118-52-26-37(16-21-49(52)98)60(87-3)76(108)88-47(75(107)92-63)23-35-13-18-41(117-54)19-14-35/h13-22,24-32,34,47,56,60-72,74,83-84,87,95-99,101-106H,5-12,23,33H2,1-4H3,(H,88,108)(H,89,100)(H,90,110)(H,91,111)(H,92,107)(H,93,112)(H,94,109)(H,113,114)/t47-,56-,60-,61-,62-,63+,64+,65+,66-,67-,68-,69-,70+,71+,72+,74+,83-,84?/m1/s1. The number of aliphatic carboxylic acids is 1. The third-order valence-electron chi connectivity index (χ3n) is 21.8. The topological polar surface area (TPSA) is 566 Å². The summed E-state index contributed by atoms with van der Waals surface area (Å²) in [6, 6.07) is 4.80. The molecule has 0 saturated carbocycles. The van der Waals surface area contributed by atoms with Crippen LogP contribution in [0.15, 0.2) is 115 Å². The lowest BCUT2D eigenvalue weighted by atomic mass is 9.89. The van der Waals surface area contributed by atoms with Crippen molar-refractivity contribution in [3.05, 3.63) is 164 Å². The Hall–Kier alpha value is -11.9. The molecule has 2 saturated heterocycles. The second kappa shape index (κ2) is 37.9. The van der Waals surface area contributed by atoms with Crippen molar-refractivity contribution < 1.29 is 142 Å². The molecule has 37 nitrogen and oxygen atoms in total. The number of hydrogen-bond acceptors (Lipinski definition) is 29. The molecular formula is C84H90Cl2N8O29. The van der Waals surface area contributed by atoms with Gasteiger partial charge in [0.05, 0.1) is 23.8 Å². The van der Waals surface area contributed by atoms with Crippen LogP contribution in [-0.4, -0.2) is 209 Å². The van der Waals surface area contributed by atoms with Crippen molar-refractivity contribution in [3.8, 4) is 80.1 Å². The number of phenols is 4. The van der Waals surface area contributed by atoms with Gasteiger partial charge < -0.3 is 142 Å². The lowest BCUT2D eigenvalue weighted by Gasteiger charge is -2.41. The summed E-state index contributed by atoms with van der Waals surface area (Å²) in [6.45, 7) is 3.28. The highest BCUT2D eigenvalue weighted by Gasteiger charge is 2.52. The Kier molecular flexibility index (Phi) is 27.4. The minimum absolute atomic E-state index is 0.127. The second-order valence-corrected chi connectivity index (χ2v) is 31.6. The fourth-order valence-corrected chi connectivity index (χ4v) is 15.7. The zero-order chi connectivity index (χ0) is 88.3. The summed E-state index contributed by atoms with van der Waals surface area (Å²) in [5.74, 6) is -18.1. The van der Waals surface area contributed by atoms with E-state index >= 15 is 24.0 Å². The number of benzene rings is 7. The quantitative estimate of drug-likeness (QED) is 0.0421. The van der Waals surface area contributed by atoms with Gasteiger partial charge in [-0.2, -0.15) is 0 Å². The third kappa shape index (κ3) is 19.3. The van der Waals surface area contributed by atoms with Crippen LogP contribution in [0.25, 0.3) is 11.1 Å². The number of methoxy groups -OCH3 is 1. The van der Waals surface area contributed by atoms with E-state index in [1.54, 1.807) is 0 Å². The largest absolute Gasteiger partial charge is 0.508 e. The fraction of sp³-hybridized carbons (Fsp3) is 0.393. The summed E-state index contributed by atoms with van der Waals surface area (Å²) >= 11 is 14.2. The number of phenolic OH excluding ortho intramolecular Hbond substituents is 4. The van der Waals surface area contributed by atoms with Crippen molar-refractivity contribution in [1.29, 1.82) is 0 Å². The van der Waals surface area contributed by atoms with Crippen molar-refractivity contribution in [1.82, 2.24) is 42.5 Å². The van der Waals surface area contributed by atoms with Gasteiger partial charge in [0.25, 0.3) is 0 Å². The number of halogens is 2. The van der Waals surface area contributed by atoms with Crippen LogP contribution >= 0.6 is 23.2 Å². The van der Waals surface area contributed by atoms with Gasteiger partial charge in [-0.25, -0.2) is 9.59 Å². The molecule has 8 aliphatic rings. The highest BCUT2D eigenvalue weighted by atomic mass is 35.5. The zero-order valence-electron chi connectivity index (χ0n) is 66.1. The summed E-state index contributed by atoms with van der Waals surface area (Å²) in [4.78, 5) is 137.